The lowest BCUT2D eigenvalue weighted by Gasteiger charge is -2.16. The molecule has 1 heterocycles. The van der Waals surface area contributed by atoms with E-state index in [-0.39, 0.29) is 0 Å². The van der Waals surface area contributed by atoms with Gasteiger partial charge in [-0.05, 0) is 23.1 Å². The van der Waals surface area contributed by atoms with E-state index in [9.17, 15) is 5.11 Å². The molecule has 1 N–H and O–H groups in total. The van der Waals surface area contributed by atoms with Gasteiger partial charge >= 0.3 is 0 Å². The molecule has 0 amide bonds. The van der Waals surface area contributed by atoms with Crippen LogP contribution in [0.5, 0.6) is 0 Å². The zero-order valence-corrected chi connectivity index (χ0v) is 10.2. The van der Waals surface area contributed by atoms with Crippen molar-refractivity contribution >= 4 is 0 Å². The summed E-state index contributed by atoms with van der Waals surface area (Å²) >= 11 is 0. The molecule has 1 unspecified atom stereocenters. The van der Waals surface area contributed by atoms with Crippen molar-refractivity contribution in [2.45, 2.75) is 25.9 Å². The van der Waals surface area contributed by atoms with E-state index in [0.29, 0.717) is 5.92 Å². The van der Waals surface area contributed by atoms with Gasteiger partial charge in [0.2, 0.25) is 0 Å². The van der Waals surface area contributed by atoms with Gasteiger partial charge < -0.3 is 5.11 Å². The third kappa shape index (κ3) is 2.53. The topological polar surface area (TPSA) is 33.1 Å². The van der Waals surface area contributed by atoms with Crippen LogP contribution in [-0.2, 0) is 0 Å². The van der Waals surface area contributed by atoms with E-state index in [4.69, 9.17) is 0 Å². The maximum atomic E-state index is 10.4. The zero-order valence-electron chi connectivity index (χ0n) is 10.2. The highest BCUT2D eigenvalue weighted by atomic mass is 16.3. The fourth-order valence-electron chi connectivity index (χ4n) is 1.94. The highest BCUT2D eigenvalue weighted by Crippen LogP contribution is 2.27. The Kier molecular flexibility index (Phi) is 3.55. The van der Waals surface area contributed by atoms with Crippen LogP contribution in [0.15, 0.2) is 48.7 Å². The number of pyridine rings is 1. The van der Waals surface area contributed by atoms with Gasteiger partial charge in [0.15, 0.2) is 0 Å². The molecule has 0 fully saturated rings. The molecule has 2 heteroatoms. The lowest BCUT2D eigenvalue weighted by Crippen LogP contribution is -2.07. The number of aliphatic hydroxyl groups is 1. The minimum absolute atomic E-state index is 0.358. The first kappa shape index (κ1) is 11.8. The third-order valence-electron chi connectivity index (χ3n) is 2.87. The first-order valence-corrected chi connectivity index (χ1v) is 5.88. The van der Waals surface area contributed by atoms with Crippen molar-refractivity contribution in [3.8, 4) is 0 Å². The molecule has 2 rings (SSSR count). The maximum Gasteiger partial charge on any atom is 0.121 e. The Morgan fingerprint density at radius 1 is 1.00 bits per heavy atom. The van der Waals surface area contributed by atoms with Gasteiger partial charge in [-0.15, -0.1) is 0 Å². The monoisotopic (exact) mass is 227 g/mol. The third-order valence-corrected chi connectivity index (χ3v) is 2.87. The molecule has 0 saturated heterocycles. The van der Waals surface area contributed by atoms with Crippen molar-refractivity contribution in [1.29, 1.82) is 0 Å². The summed E-state index contributed by atoms with van der Waals surface area (Å²) in [5.41, 5.74) is 2.74. The van der Waals surface area contributed by atoms with E-state index in [1.165, 1.54) is 0 Å². The highest BCUT2D eigenvalue weighted by molar-refractivity contribution is 5.32. The lowest BCUT2D eigenvalue weighted by molar-refractivity contribution is 0.213. The van der Waals surface area contributed by atoms with Crippen molar-refractivity contribution < 1.29 is 5.11 Å². The molecule has 2 nitrogen and oxygen atoms in total. The summed E-state index contributed by atoms with van der Waals surface area (Å²) in [5, 5.41) is 10.4. The van der Waals surface area contributed by atoms with Crippen LogP contribution in [-0.4, -0.2) is 10.1 Å². The van der Waals surface area contributed by atoms with Crippen LogP contribution in [0.25, 0.3) is 0 Å². The quantitative estimate of drug-likeness (QED) is 0.872. The molecular formula is C15H17NO. The SMILES string of the molecule is CC(C)c1cccnc1C(O)c1ccccc1. The maximum absolute atomic E-state index is 10.4. The average Bonchev–Trinajstić information content (AvgIpc) is 2.39. The van der Waals surface area contributed by atoms with E-state index in [0.717, 1.165) is 16.8 Å². The molecule has 1 aromatic carbocycles. The van der Waals surface area contributed by atoms with Crippen LogP contribution in [0.4, 0.5) is 0 Å². The zero-order chi connectivity index (χ0) is 12.3. The van der Waals surface area contributed by atoms with Crippen molar-refractivity contribution in [1.82, 2.24) is 4.98 Å². The number of hydrogen-bond donors (Lipinski definition) is 1. The summed E-state index contributed by atoms with van der Waals surface area (Å²) in [7, 11) is 0. The van der Waals surface area contributed by atoms with Gasteiger partial charge in [-0.3, -0.25) is 4.98 Å². The molecule has 0 aliphatic rings. The normalized spacial score (nSPS) is 12.7. The second-order valence-electron chi connectivity index (χ2n) is 4.45. The van der Waals surface area contributed by atoms with Gasteiger partial charge in [-0.2, -0.15) is 0 Å². The molecule has 1 aromatic heterocycles. The smallest absolute Gasteiger partial charge is 0.121 e. The first-order chi connectivity index (χ1) is 8.20. The molecule has 0 saturated carbocycles. The molecule has 0 spiro atoms. The fraction of sp³-hybridized carbons (Fsp3) is 0.267. The van der Waals surface area contributed by atoms with Gasteiger partial charge in [0, 0.05) is 6.20 Å². The van der Waals surface area contributed by atoms with Gasteiger partial charge in [0.1, 0.15) is 6.10 Å². The van der Waals surface area contributed by atoms with E-state index < -0.39 is 6.10 Å². The number of benzene rings is 1. The Hall–Kier alpha value is -1.67. The Bertz CT molecular complexity index is 479. The van der Waals surface area contributed by atoms with E-state index in [2.05, 4.69) is 18.8 Å². The predicted molar refractivity (Wildman–Crippen MR) is 68.8 cm³/mol. The summed E-state index contributed by atoms with van der Waals surface area (Å²) < 4.78 is 0. The number of rotatable bonds is 3. The van der Waals surface area contributed by atoms with Crippen LogP contribution in [0.1, 0.15) is 42.7 Å². The van der Waals surface area contributed by atoms with Gasteiger partial charge in [0.05, 0.1) is 5.69 Å². The number of hydrogen-bond acceptors (Lipinski definition) is 2. The Labute approximate surface area is 102 Å². The van der Waals surface area contributed by atoms with E-state index in [1.807, 2.05) is 42.5 Å². The molecular weight excluding hydrogens is 210 g/mol. The largest absolute Gasteiger partial charge is 0.382 e. The minimum atomic E-state index is -0.644. The average molecular weight is 227 g/mol. The Morgan fingerprint density at radius 3 is 2.35 bits per heavy atom. The molecule has 0 radical (unpaired) electrons. The van der Waals surface area contributed by atoms with E-state index >= 15 is 0 Å². The van der Waals surface area contributed by atoms with Crippen LogP contribution >= 0.6 is 0 Å². The molecule has 0 bridgehead atoms. The second kappa shape index (κ2) is 5.11. The second-order valence-corrected chi connectivity index (χ2v) is 4.45. The highest BCUT2D eigenvalue weighted by Gasteiger charge is 2.16. The summed E-state index contributed by atoms with van der Waals surface area (Å²) in [4.78, 5) is 4.33. The molecule has 88 valence electrons. The fourth-order valence-corrected chi connectivity index (χ4v) is 1.94. The molecule has 2 aromatic rings. The van der Waals surface area contributed by atoms with Crippen LogP contribution in [0, 0.1) is 0 Å². The molecule has 17 heavy (non-hydrogen) atoms. The van der Waals surface area contributed by atoms with Crippen LogP contribution < -0.4 is 0 Å². The number of aliphatic hydroxyl groups excluding tert-OH is 1. The first-order valence-electron chi connectivity index (χ1n) is 5.88. The van der Waals surface area contributed by atoms with Gasteiger partial charge in [-0.25, -0.2) is 0 Å². The molecule has 1 atom stereocenters. The predicted octanol–water partition coefficient (Wildman–Crippen LogP) is 3.29. The van der Waals surface area contributed by atoms with Crippen molar-refractivity contribution in [3.05, 3.63) is 65.5 Å². The summed E-state index contributed by atoms with van der Waals surface area (Å²) in [6.45, 7) is 4.22. The standard InChI is InChI=1S/C15H17NO/c1-11(2)13-9-6-10-16-14(13)15(17)12-7-4-3-5-8-12/h3-11,15,17H,1-2H3. The summed E-state index contributed by atoms with van der Waals surface area (Å²) in [6.07, 6.45) is 1.09. The van der Waals surface area contributed by atoms with Gasteiger partial charge in [0.25, 0.3) is 0 Å². The molecule has 0 aliphatic carbocycles. The summed E-state index contributed by atoms with van der Waals surface area (Å²) in [5.74, 6) is 0.358. The van der Waals surface area contributed by atoms with Crippen LogP contribution in [0.2, 0.25) is 0 Å². The minimum Gasteiger partial charge on any atom is -0.382 e. The summed E-state index contributed by atoms with van der Waals surface area (Å²) in [6, 6.07) is 13.6. The van der Waals surface area contributed by atoms with Crippen molar-refractivity contribution in [3.63, 3.8) is 0 Å². The number of nitrogens with zero attached hydrogens (tertiary/aromatic N) is 1. The number of aromatic nitrogens is 1. The lowest BCUT2D eigenvalue weighted by atomic mass is 9.95. The Morgan fingerprint density at radius 2 is 1.71 bits per heavy atom. The van der Waals surface area contributed by atoms with E-state index in [1.54, 1.807) is 6.20 Å². The molecule has 0 aliphatic heterocycles. The van der Waals surface area contributed by atoms with Crippen LogP contribution in [0.3, 0.4) is 0 Å². The Balaban J connectivity index is 2.41. The van der Waals surface area contributed by atoms with Gasteiger partial charge in [-0.1, -0.05) is 50.2 Å². The van der Waals surface area contributed by atoms with Crippen molar-refractivity contribution in [2.24, 2.45) is 0 Å². The van der Waals surface area contributed by atoms with Crippen molar-refractivity contribution in [2.75, 3.05) is 0 Å².